The summed E-state index contributed by atoms with van der Waals surface area (Å²) in [6.45, 7) is 3.10. The molecule has 10 heteroatoms. The first-order chi connectivity index (χ1) is 28.0. The van der Waals surface area contributed by atoms with Crippen LogP contribution < -0.4 is 0 Å². The molecule has 2 aliphatic heterocycles. The van der Waals surface area contributed by atoms with Crippen molar-refractivity contribution < 1.29 is 48.1 Å². The van der Waals surface area contributed by atoms with Crippen molar-refractivity contribution in [2.75, 3.05) is 6.61 Å². The lowest BCUT2D eigenvalue weighted by Gasteiger charge is -2.48. The van der Waals surface area contributed by atoms with Crippen molar-refractivity contribution in [3.8, 4) is 0 Å². The molecule has 7 rings (SSSR count). The lowest BCUT2D eigenvalue weighted by atomic mass is 9.96. The Morgan fingerprint density at radius 1 is 0.439 bits per heavy atom. The van der Waals surface area contributed by atoms with Crippen LogP contribution in [0.3, 0.4) is 0 Å². The summed E-state index contributed by atoms with van der Waals surface area (Å²) >= 11 is 0. The van der Waals surface area contributed by atoms with Crippen molar-refractivity contribution in [2.24, 2.45) is 0 Å². The van der Waals surface area contributed by atoms with Crippen molar-refractivity contribution in [2.45, 2.75) is 101 Å². The molecule has 5 aromatic rings. The molecular formula is C47H52O10. The van der Waals surface area contributed by atoms with Gasteiger partial charge < -0.3 is 48.1 Å². The molecule has 0 radical (unpaired) electrons. The monoisotopic (exact) mass is 776 g/mol. The minimum absolute atomic E-state index is 0.116. The van der Waals surface area contributed by atoms with Gasteiger partial charge >= 0.3 is 0 Å². The molecule has 2 N–H and O–H groups in total. The molecule has 2 heterocycles. The first-order valence-corrected chi connectivity index (χ1v) is 19.6. The van der Waals surface area contributed by atoms with Crippen molar-refractivity contribution in [3.05, 3.63) is 179 Å². The molecule has 0 aromatic heterocycles. The van der Waals surface area contributed by atoms with Crippen LogP contribution in [-0.4, -0.2) is 78.2 Å². The maximum absolute atomic E-state index is 11.9. The van der Waals surface area contributed by atoms with Crippen LogP contribution >= 0.6 is 0 Å². The van der Waals surface area contributed by atoms with Crippen LogP contribution in [0.15, 0.2) is 152 Å². The van der Waals surface area contributed by atoms with E-state index in [1.807, 2.05) is 152 Å². The molecule has 2 saturated heterocycles. The van der Waals surface area contributed by atoms with Gasteiger partial charge in [-0.15, -0.1) is 0 Å². The van der Waals surface area contributed by atoms with Gasteiger partial charge in [0, 0.05) is 0 Å². The minimum Gasteiger partial charge on any atom is -0.388 e. The lowest BCUT2D eigenvalue weighted by molar-refractivity contribution is -0.373. The smallest absolute Gasteiger partial charge is 0.187 e. The van der Waals surface area contributed by atoms with Crippen LogP contribution in [0.4, 0.5) is 0 Å². The zero-order valence-corrected chi connectivity index (χ0v) is 32.1. The molecule has 57 heavy (non-hydrogen) atoms. The van der Waals surface area contributed by atoms with Crippen LogP contribution in [0.1, 0.15) is 34.7 Å². The normalized spacial score (nSPS) is 27.6. The third-order valence-corrected chi connectivity index (χ3v) is 10.2. The summed E-state index contributed by atoms with van der Waals surface area (Å²) in [6, 6.07) is 48.9. The predicted molar refractivity (Wildman–Crippen MR) is 212 cm³/mol. The van der Waals surface area contributed by atoms with Crippen LogP contribution in [0.5, 0.6) is 0 Å². The Hall–Kier alpha value is -4.30. The maximum Gasteiger partial charge on any atom is 0.187 e. The molecule has 0 aliphatic carbocycles. The van der Waals surface area contributed by atoms with E-state index >= 15 is 0 Å². The summed E-state index contributed by atoms with van der Waals surface area (Å²) in [4.78, 5) is 0. The highest BCUT2D eigenvalue weighted by Crippen LogP contribution is 2.34. The second kappa shape index (κ2) is 20.9. The second-order valence-electron chi connectivity index (χ2n) is 14.4. The molecule has 2 aliphatic rings. The fourth-order valence-electron chi connectivity index (χ4n) is 7.12. The molecule has 0 unspecified atom stereocenters. The zero-order chi connectivity index (χ0) is 39.2. The Balaban J connectivity index is 1.18. The van der Waals surface area contributed by atoms with E-state index in [2.05, 4.69) is 0 Å². The third kappa shape index (κ3) is 11.4. The van der Waals surface area contributed by atoms with Gasteiger partial charge in [-0.05, 0) is 34.7 Å². The van der Waals surface area contributed by atoms with E-state index < -0.39 is 61.4 Å². The molecule has 0 amide bonds. The minimum atomic E-state index is -1.48. The van der Waals surface area contributed by atoms with Crippen LogP contribution in [0.2, 0.25) is 0 Å². The first-order valence-electron chi connectivity index (χ1n) is 19.6. The van der Waals surface area contributed by atoms with E-state index in [1.54, 1.807) is 6.92 Å². The van der Waals surface area contributed by atoms with Crippen LogP contribution in [-0.2, 0) is 70.9 Å². The van der Waals surface area contributed by atoms with Crippen LogP contribution in [0.25, 0.3) is 0 Å². The number of hydrogen-bond donors (Lipinski definition) is 2. The number of ether oxygens (including phenoxy) is 8. The highest BCUT2D eigenvalue weighted by Gasteiger charge is 2.53. The van der Waals surface area contributed by atoms with E-state index in [0.717, 1.165) is 27.8 Å². The summed E-state index contributed by atoms with van der Waals surface area (Å²) in [5.74, 6) is 0. The van der Waals surface area contributed by atoms with Gasteiger partial charge in [0.1, 0.15) is 42.7 Å². The molecule has 0 spiro atoms. The van der Waals surface area contributed by atoms with Gasteiger partial charge in [-0.3, -0.25) is 0 Å². The van der Waals surface area contributed by atoms with E-state index in [1.165, 1.54) is 0 Å². The van der Waals surface area contributed by atoms with Gasteiger partial charge in [0.2, 0.25) is 0 Å². The Morgan fingerprint density at radius 3 is 1.28 bits per heavy atom. The van der Waals surface area contributed by atoms with Gasteiger partial charge in [-0.1, -0.05) is 152 Å². The molecule has 5 aromatic carbocycles. The number of rotatable bonds is 18. The second-order valence-corrected chi connectivity index (χ2v) is 14.4. The van der Waals surface area contributed by atoms with Gasteiger partial charge in [-0.25, -0.2) is 0 Å². The van der Waals surface area contributed by atoms with Crippen LogP contribution in [0, 0.1) is 0 Å². The molecule has 0 saturated carbocycles. The molecule has 10 nitrogen and oxygen atoms in total. The van der Waals surface area contributed by atoms with Gasteiger partial charge in [0.05, 0.1) is 45.7 Å². The Labute approximate surface area is 334 Å². The number of benzene rings is 5. The SMILES string of the molecule is C[C@@H]1O[C@@H](O[C@@H]2[C@@H](OCc3ccccc3)[C@@H](OCc3ccccc3)[C@@H](COCc3ccccc3)O[C@H]2O)[C@@H](OCc2ccccc2)[C@H](OCc2ccccc2)[C@@H]1O. The highest BCUT2D eigenvalue weighted by molar-refractivity contribution is 5.17. The quantitative estimate of drug-likeness (QED) is 0.0991. The van der Waals surface area contributed by atoms with Crippen molar-refractivity contribution in [1.29, 1.82) is 0 Å². The summed E-state index contributed by atoms with van der Waals surface area (Å²) < 4.78 is 52.1. The Morgan fingerprint density at radius 2 is 0.825 bits per heavy atom. The Kier molecular flexibility index (Phi) is 15.0. The standard InChI is InChI=1S/C47H52O10/c1-33-40(48)42(52-29-36-21-11-4-12-22-36)45(54-31-38-25-15-6-16-26-38)47(55-33)57-44-43(53-30-37-23-13-5-14-24-37)41(51-28-35-19-9-3-10-20-35)39(56-46(44)49)32-50-27-34-17-7-2-8-18-34/h2-26,33,39-49H,27-32H2,1H3/t33-,39+,40+,41-,42+,43-,44+,45-,46+,47-/m0/s1. The van der Waals surface area contributed by atoms with E-state index in [4.69, 9.17) is 37.9 Å². The maximum atomic E-state index is 11.9. The molecule has 0 bridgehead atoms. The highest BCUT2D eigenvalue weighted by atomic mass is 16.7. The average molecular weight is 777 g/mol. The molecular weight excluding hydrogens is 725 g/mol. The fourth-order valence-corrected chi connectivity index (χ4v) is 7.12. The predicted octanol–water partition coefficient (Wildman–Crippen LogP) is 6.75. The summed E-state index contributed by atoms with van der Waals surface area (Å²) in [5, 5.41) is 23.4. The fraction of sp³-hybridized carbons (Fsp3) is 0.362. The summed E-state index contributed by atoms with van der Waals surface area (Å²) in [7, 11) is 0. The lowest BCUT2D eigenvalue weighted by Crippen LogP contribution is -2.65. The number of aliphatic hydroxyl groups is 2. The Bertz CT molecular complexity index is 1850. The first kappa shape index (κ1) is 40.9. The summed E-state index contributed by atoms with van der Waals surface area (Å²) in [5.41, 5.74) is 4.75. The molecule has 10 atom stereocenters. The topological polar surface area (TPSA) is 114 Å². The van der Waals surface area contributed by atoms with E-state index in [9.17, 15) is 10.2 Å². The van der Waals surface area contributed by atoms with Gasteiger partial charge in [0.15, 0.2) is 12.6 Å². The molecule has 300 valence electrons. The zero-order valence-electron chi connectivity index (χ0n) is 32.1. The largest absolute Gasteiger partial charge is 0.388 e. The van der Waals surface area contributed by atoms with Crippen molar-refractivity contribution in [1.82, 2.24) is 0 Å². The van der Waals surface area contributed by atoms with Crippen molar-refractivity contribution >= 4 is 0 Å². The number of aliphatic hydroxyl groups excluding tert-OH is 2. The summed E-state index contributed by atoms with van der Waals surface area (Å²) in [6.07, 6.45) is -9.57. The average Bonchev–Trinajstić information content (AvgIpc) is 3.25. The van der Waals surface area contributed by atoms with Gasteiger partial charge in [0.25, 0.3) is 0 Å². The van der Waals surface area contributed by atoms with E-state index in [0.29, 0.717) is 6.61 Å². The molecule has 2 fully saturated rings. The van der Waals surface area contributed by atoms with Gasteiger partial charge in [-0.2, -0.15) is 0 Å². The third-order valence-electron chi connectivity index (χ3n) is 10.2. The number of hydrogen-bond acceptors (Lipinski definition) is 10. The van der Waals surface area contributed by atoms with E-state index in [-0.39, 0.29) is 33.0 Å². The van der Waals surface area contributed by atoms with Crippen molar-refractivity contribution in [3.63, 3.8) is 0 Å².